The van der Waals surface area contributed by atoms with Crippen molar-refractivity contribution in [3.63, 3.8) is 0 Å². The Hall–Kier alpha value is -1.11. The number of benzene rings is 1. The molecule has 0 saturated heterocycles. The van der Waals surface area contributed by atoms with Crippen LogP contribution in [-0.2, 0) is 11.1 Å². The van der Waals surface area contributed by atoms with Crippen molar-refractivity contribution in [3.8, 4) is 11.2 Å². The molecular formula is C9H7O2S-. The SMILES string of the molecule is Cc1ccc(C#CS(=O)[O-])cc1. The second-order valence-corrected chi connectivity index (χ2v) is 3.00. The molecule has 1 rings (SSSR count). The highest BCUT2D eigenvalue weighted by atomic mass is 32.2. The molecule has 0 amide bonds. The molecule has 1 aromatic carbocycles. The smallest absolute Gasteiger partial charge is 0.0254 e. The molecule has 0 aliphatic carbocycles. The fraction of sp³-hybridized carbons (Fsp3) is 0.111. The third kappa shape index (κ3) is 2.87. The summed E-state index contributed by atoms with van der Waals surface area (Å²) in [6.45, 7) is 1.96. The van der Waals surface area contributed by atoms with E-state index in [0.717, 1.165) is 5.56 Å². The molecule has 62 valence electrons. The molecule has 0 aliphatic heterocycles. The Kier molecular flexibility index (Phi) is 3.03. The van der Waals surface area contributed by atoms with Gasteiger partial charge in [-0.3, -0.25) is 4.21 Å². The second-order valence-electron chi connectivity index (χ2n) is 2.33. The van der Waals surface area contributed by atoms with Crippen molar-refractivity contribution in [3.05, 3.63) is 35.4 Å². The van der Waals surface area contributed by atoms with Gasteiger partial charge in [-0.25, -0.2) is 0 Å². The van der Waals surface area contributed by atoms with Crippen LogP contribution in [0.25, 0.3) is 0 Å². The van der Waals surface area contributed by atoms with Crippen LogP contribution in [0.4, 0.5) is 0 Å². The van der Waals surface area contributed by atoms with Gasteiger partial charge in [-0.2, -0.15) is 0 Å². The Labute approximate surface area is 73.9 Å². The average molecular weight is 179 g/mol. The van der Waals surface area contributed by atoms with E-state index in [0.29, 0.717) is 5.56 Å². The maximum Gasteiger partial charge on any atom is 0.0254 e. The highest BCUT2D eigenvalue weighted by Gasteiger charge is 1.84. The molecule has 3 heteroatoms. The molecule has 12 heavy (non-hydrogen) atoms. The Balaban J connectivity index is 2.86. The van der Waals surface area contributed by atoms with E-state index in [9.17, 15) is 8.76 Å². The quantitative estimate of drug-likeness (QED) is 0.443. The van der Waals surface area contributed by atoms with Crippen molar-refractivity contribution >= 4 is 11.1 Å². The zero-order valence-electron chi connectivity index (χ0n) is 6.53. The van der Waals surface area contributed by atoms with E-state index in [1.165, 1.54) is 0 Å². The first kappa shape index (κ1) is 8.98. The van der Waals surface area contributed by atoms with Crippen LogP contribution in [0.3, 0.4) is 0 Å². The molecule has 0 bridgehead atoms. The molecule has 0 saturated carbocycles. The van der Waals surface area contributed by atoms with Crippen LogP contribution >= 0.6 is 0 Å². The van der Waals surface area contributed by atoms with E-state index in [1.807, 2.05) is 24.3 Å². The van der Waals surface area contributed by atoms with Crippen molar-refractivity contribution < 1.29 is 8.76 Å². The Bertz CT molecular complexity index is 343. The summed E-state index contributed by atoms with van der Waals surface area (Å²) >= 11 is -2.28. The first-order valence-corrected chi connectivity index (χ1v) is 4.43. The minimum atomic E-state index is -2.28. The van der Waals surface area contributed by atoms with Gasteiger partial charge in [-0.15, -0.1) is 0 Å². The lowest BCUT2D eigenvalue weighted by atomic mass is 10.2. The standard InChI is InChI=1S/C9H8O2S/c1-8-2-4-9(5-3-8)6-7-12(10)11/h2-5H,1H3,(H,10,11)/p-1. The number of hydrogen-bond donors (Lipinski definition) is 0. The highest BCUT2D eigenvalue weighted by Crippen LogP contribution is 2.00. The molecule has 1 aromatic rings. The van der Waals surface area contributed by atoms with Gasteiger partial charge in [0.2, 0.25) is 0 Å². The summed E-state index contributed by atoms with van der Waals surface area (Å²) in [4.78, 5) is 0. The summed E-state index contributed by atoms with van der Waals surface area (Å²) in [6.07, 6.45) is 0. The third-order valence-electron chi connectivity index (χ3n) is 1.33. The molecule has 0 aromatic heterocycles. The number of rotatable bonds is 0. The molecule has 2 nitrogen and oxygen atoms in total. The van der Waals surface area contributed by atoms with Gasteiger partial charge in [0.15, 0.2) is 0 Å². The van der Waals surface area contributed by atoms with Crippen LogP contribution in [0.5, 0.6) is 0 Å². The zero-order chi connectivity index (χ0) is 8.97. The van der Waals surface area contributed by atoms with Crippen LogP contribution in [0, 0.1) is 18.1 Å². The maximum atomic E-state index is 10.1. The van der Waals surface area contributed by atoms with Gasteiger partial charge in [-0.05, 0) is 24.3 Å². The summed E-state index contributed by atoms with van der Waals surface area (Å²) in [5.74, 6) is 2.51. The van der Waals surface area contributed by atoms with Crippen molar-refractivity contribution in [1.29, 1.82) is 0 Å². The molecule has 0 N–H and O–H groups in total. The lowest BCUT2D eigenvalue weighted by Gasteiger charge is -1.92. The summed E-state index contributed by atoms with van der Waals surface area (Å²) < 4.78 is 20.1. The van der Waals surface area contributed by atoms with Crippen LogP contribution in [0.2, 0.25) is 0 Å². The van der Waals surface area contributed by atoms with Crippen LogP contribution in [0.15, 0.2) is 24.3 Å². The molecule has 0 spiro atoms. The minimum Gasteiger partial charge on any atom is -0.762 e. The van der Waals surface area contributed by atoms with E-state index in [-0.39, 0.29) is 0 Å². The Morgan fingerprint density at radius 3 is 2.42 bits per heavy atom. The fourth-order valence-electron chi connectivity index (χ4n) is 0.737. The largest absolute Gasteiger partial charge is 0.762 e. The monoisotopic (exact) mass is 179 g/mol. The van der Waals surface area contributed by atoms with Gasteiger partial charge in [0, 0.05) is 16.6 Å². The number of aryl methyl sites for hydroxylation is 1. The molecule has 0 aliphatic rings. The maximum absolute atomic E-state index is 10.1. The summed E-state index contributed by atoms with van der Waals surface area (Å²) in [7, 11) is 0. The van der Waals surface area contributed by atoms with E-state index in [1.54, 1.807) is 12.1 Å². The van der Waals surface area contributed by atoms with Crippen molar-refractivity contribution in [2.24, 2.45) is 0 Å². The Morgan fingerprint density at radius 1 is 1.33 bits per heavy atom. The van der Waals surface area contributed by atoms with Crippen LogP contribution in [0.1, 0.15) is 11.1 Å². The number of hydrogen-bond acceptors (Lipinski definition) is 2. The van der Waals surface area contributed by atoms with Crippen LogP contribution < -0.4 is 0 Å². The summed E-state index contributed by atoms with van der Waals surface area (Å²) in [6, 6.07) is 7.35. The minimum absolute atomic E-state index is 0.713. The predicted octanol–water partition coefficient (Wildman–Crippen LogP) is 1.18. The van der Waals surface area contributed by atoms with Crippen LogP contribution in [-0.4, -0.2) is 8.76 Å². The second kappa shape index (κ2) is 4.05. The van der Waals surface area contributed by atoms with Crippen molar-refractivity contribution in [1.82, 2.24) is 0 Å². The van der Waals surface area contributed by atoms with Gasteiger partial charge >= 0.3 is 0 Å². The van der Waals surface area contributed by atoms with Gasteiger partial charge < -0.3 is 4.55 Å². The van der Waals surface area contributed by atoms with E-state index in [4.69, 9.17) is 0 Å². The molecule has 0 heterocycles. The summed E-state index contributed by atoms with van der Waals surface area (Å²) in [5, 5.41) is 2.05. The first-order chi connectivity index (χ1) is 5.68. The van der Waals surface area contributed by atoms with Crippen molar-refractivity contribution in [2.45, 2.75) is 6.92 Å². The molecular weight excluding hydrogens is 172 g/mol. The lowest BCUT2D eigenvalue weighted by molar-refractivity contribution is 0.548. The first-order valence-electron chi connectivity index (χ1n) is 3.36. The lowest BCUT2D eigenvalue weighted by Crippen LogP contribution is -1.79. The molecule has 0 fully saturated rings. The predicted molar refractivity (Wildman–Crippen MR) is 47.0 cm³/mol. The van der Waals surface area contributed by atoms with Gasteiger partial charge in [0.05, 0.1) is 0 Å². The van der Waals surface area contributed by atoms with Gasteiger partial charge in [0.25, 0.3) is 0 Å². The van der Waals surface area contributed by atoms with E-state index in [2.05, 4.69) is 5.92 Å². The van der Waals surface area contributed by atoms with E-state index >= 15 is 0 Å². The average Bonchev–Trinajstić information content (AvgIpc) is 2.03. The molecule has 0 radical (unpaired) electrons. The van der Waals surface area contributed by atoms with Gasteiger partial charge in [0.1, 0.15) is 0 Å². The van der Waals surface area contributed by atoms with Crippen molar-refractivity contribution in [2.75, 3.05) is 0 Å². The highest BCUT2D eigenvalue weighted by molar-refractivity contribution is 7.84. The third-order valence-corrected chi connectivity index (χ3v) is 1.60. The van der Waals surface area contributed by atoms with E-state index < -0.39 is 11.1 Å². The topological polar surface area (TPSA) is 40.1 Å². The molecule has 1 atom stereocenters. The summed E-state index contributed by atoms with van der Waals surface area (Å²) in [5.41, 5.74) is 1.84. The zero-order valence-corrected chi connectivity index (χ0v) is 7.35. The normalized spacial score (nSPS) is 11.5. The van der Waals surface area contributed by atoms with Gasteiger partial charge in [-0.1, -0.05) is 23.6 Å². The molecule has 1 unspecified atom stereocenters. The fourth-order valence-corrected chi connectivity index (χ4v) is 0.939. The Morgan fingerprint density at radius 2 is 1.92 bits per heavy atom.